The summed E-state index contributed by atoms with van der Waals surface area (Å²) in [4.78, 5) is 0. The van der Waals surface area contributed by atoms with Crippen molar-refractivity contribution in [1.29, 1.82) is 0 Å². The van der Waals surface area contributed by atoms with Crippen molar-refractivity contribution in [2.24, 2.45) is 0 Å². The predicted octanol–water partition coefficient (Wildman–Crippen LogP) is 2.65. The van der Waals surface area contributed by atoms with Crippen LogP contribution in [0, 0.1) is 10.5 Å². The summed E-state index contributed by atoms with van der Waals surface area (Å²) in [6.45, 7) is 2.04. The van der Waals surface area contributed by atoms with Gasteiger partial charge in [-0.3, -0.25) is 0 Å². The van der Waals surface area contributed by atoms with Crippen LogP contribution < -0.4 is 0 Å². The second-order valence-electron chi connectivity index (χ2n) is 2.66. The van der Waals surface area contributed by atoms with Crippen LogP contribution in [-0.4, -0.2) is 10.2 Å². The van der Waals surface area contributed by atoms with Gasteiger partial charge in [-0.05, 0) is 47.2 Å². The Morgan fingerprint density at radius 3 is 2.92 bits per heavy atom. The standard InChI is InChI=1S/C9H7IN2O/c1-6-7(3-2-4-8(6)10)9-12-11-5-13-9/h2-5H,1H3. The molecule has 0 radical (unpaired) electrons. The van der Waals surface area contributed by atoms with Crippen LogP contribution in [0.2, 0.25) is 0 Å². The lowest BCUT2D eigenvalue weighted by Gasteiger charge is -2.01. The minimum absolute atomic E-state index is 0.580. The second-order valence-corrected chi connectivity index (χ2v) is 3.82. The number of benzene rings is 1. The van der Waals surface area contributed by atoms with Gasteiger partial charge < -0.3 is 4.42 Å². The van der Waals surface area contributed by atoms with E-state index in [1.807, 2.05) is 19.1 Å². The van der Waals surface area contributed by atoms with Gasteiger partial charge >= 0.3 is 0 Å². The van der Waals surface area contributed by atoms with Gasteiger partial charge in [0.15, 0.2) is 0 Å². The minimum atomic E-state index is 0.580. The number of hydrogen-bond acceptors (Lipinski definition) is 3. The van der Waals surface area contributed by atoms with Gasteiger partial charge in [-0.15, -0.1) is 10.2 Å². The highest BCUT2D eigenvalue weighted by Crippen LogP contribution is 2.24. The SMILES string of the molecule is Cc1c(I)cccc1-c1nnco1. The Morgan fingerprint density at radius 1 is 1.38 bits per heavy atom. The Labute approximate surface area is 89.3 Å². The third-order valence-corrected chi connectivity index (χ3v) is 3.03. The van der Waals surface area contributed by atoms with Crippen LogP contribution in [0.15, 0.2) is 29.0 Å². The first kappa shape index (κ1) is 8.68. The van der Waals surface area contributed by atoms with Gasteiger partial charge in [-0.25, -0.2) is 0 Å². The summed E-state index contributed by atoms with van der Waals surface area (Å²) in [5.74, 6) is 0.580. The van der Waals surface area contributed by atoms with Crippen LogP contribution in [0.3, 0.4) is 0 Å². The Bertz CT molecular complexity index is 412. The van der Waals surface area contributed by atoms with E-state index in [9.17, 15) is 0 Å². The highest BCUT2D eigenvalue weighted by molar-refractivity contribution is 14.1. The van der Waals surface area contributed by atoms with Crippen LogP contribution in [0.25, 0.3) is 11.5 Å². The molecule has 1 aromatic carbocycles. The third-order valence-electron chi connectivity index (χ3n) is 1.86. The quantitative estimate of drug-likeness (QED) is 0.756. The highest BCUT2D eigenvalue weighted by Gasteiger charge is 2.07. The fourth-order valence-corrected chi connectivity index (χ4v) is 1.63. The van der Waals surface area contributed by atoms with Crippen LogP contribution in [0.4, 0.5) is 0 Å². The van der Waals surface area contributed by atoms with Crippen molar-refractivity contribution in [3.63, 3.8) is 0 Å². The van der Waals surface area contributed by atoms with E-state index in [0.717, 1.165) is 5.56 Å². The van der Waals surface area contributed by atoms with Gasteiger partial charge in [0, 0.05) is 9.13 Å². The summed E-state index contributed by atoms with van der Waals surface area (Å²) in [5.41, 5.74) is 2.18. The Kier molecular flexibility index (Phi) is 2.30. The number of hydrogen-bond donors (Lipinski definition) is 0. The molecule has 0 aliphatic carbocycles. The van der Waals surface area contributed by atoms with Gasteiger partial charge in [0.1, 0.15) is 0 Å². The van der Waals surface area contributed by atoms with E-state index in [1.165, 1.54) is 15.5 Å². The van der Waals surface area contributed by atoms with E-state index in [4.69, 9.17) is 4.42 Å². The van der Waals surface area contributed by atoms with Crippen molar-refractivity contribution < 1.29 is 4.42 Å². The van der Waals surface area contributed by atoms with Crippen LogP contribution in [0.5, 0.6) is 0 Å². The maximum atomic E-state index is 5.13. The van der Waals surface area contributed by atoms with E-state index in [0.29, 0.717) is 5.89 Å². The average molecular weight is 286 g/mol. The summed E-state index contributed by atoms with van der Waals surface area (Å²) in [7, 11) is 0. The lowest BCUT2D eigenvalue weighted by molar-refractivity contribution is 0.568. The maximum absolute atomic E-state index is 5.13. The average Bonchev–Trinajstić information content (AvgIpc) is 2.62. The van der Waals surface area contributed by atoms with Crippen molar-refractivity contribution in [3.05, 3.63) is 33.7 Å². The number of aromatic nitrogens is 2. The molecule has 1 heterocycles. The van der Waals surface area contributed by atoms with Crippen LogP contribution in [-0.2, 0) is 0 Å². The highest BCUT2D eigenvalue weighted by atomic mass is 127. The van der Waals surface area contributed by atoms with E-state index < -0.39 is 0 Å². The summed E-state index contributed by atoms with van der Waals surface area (Å²) < 4.78 is 6.33. The van der Waals surface area contributed by atoms with Crippen molar-refractivity contribution in [2.45, 2.75) is 6.92 Å². The van der Waals surface area contributed by atoms with E-state index in [-0.39, 0.29) is 0 Å². The second kappa shape index (κ2) is 3.45. The fraction of sp³-hybridized carbons (Fsp3) is 0.111. The van der Waals surface area contributed by atoms with E-state index in [1.54, 1.807) is 0 Å². The molecular formula is C9H7IN2O. The summed E-state index contributed by atoms with van der Waals surface area (Å²) in [5, 5.41) is 7.52. The molecule has 0 aliphatic rings. The maximum Gasteiger partial charge on any atom is 0.247 e. The third kappa shape index (κ3) is 1.58. The molecule has 13 heavy (non-hydrogen) atoms. The van der Waals surface area contributed by atoms with Gasteiger partial charge in [0.05, 0.1) is 0 Å². The van der Waals surface area contributed by atoms with Crippen molar-refractivity contribution >= 4 is 22.6 Å². The van der Waals surface area contributed by atoms with Crippen molar-refractivity contribution in [2.75, 3.05) is 0 Å². The van der Waals surface area contributed by atoms with Crippen LogP contribution >= 0.6 is 22.6 Å². The zero-order valence-electron chi connectivity index (χ0n) is 6.99. The molecular weight excluding hydrogens is 279 g/mol. The number of halogens is 1. The molecule has 0 saturated carbocycles. The van der Waals surface area contributed by atoms with E-state index in [2.05, 4.69) is 38.9 Å². The molecule has 2 rings (SSSR count). The molecule has 0 N–H and O–H groups in total. The molecule has 0 aliphatic heterocycles. The number of nitrogens with zero attached hydrogens (tertiary/aromatic N) is 2. The molecule has 2 aromatic rings. The summed E-state index contributed by atoms with van der Waals surface area (Å²) in [6, 6.07) is 6.01. The molecule has 66 valence electrons. The Balaban J connectivity index is 2.59. The Morgan fingerprint density at radius 2 is 2.23 bits per heavy atom. The predicted molar refractivity (Wildman–Crippen MR) is 57.2 cm³/mol. The Hall–Kier alpha value is -0.910. The number of rotatable bonds is 1. The monoisotopic (exact) mass is 286 g/mol. The van der Waals surface area contributed by atoms with Crippen LogP contribution in [0.1, 0.15) is 5.56 Å². The first-order valence-corrected chi connectivity index (χ1v) is 4.88. The molecule has 0 spiro atoms. The van der Waals surface area contributed by atoms with Crippen molar-refractivity contribution in [1.82, 2.24) is 10.2 Å². The van der Waals surface area contributed by atoms with Gasteiger partial charge in [-0.2, -0.15) is 0 Å². The topological polar surface area (TPSA) is 38.9 Å². The molecule has 0 unspecified atom stereocenters. The first-order chi connectivity index (χ1) is 6.29. The van der Waals surface area contributed by atoms with Gasteiger partial charge in [-0.1, -0.05) is 6.07 Å². The molecule has 1 aromatic heterocycles. The summed E-state index contributed by atoms with van der Waals surface area (Å²) >= 11 is 2.29. The largest absolute Gasteiger partial charge is 0.423 e. The fourth-order valence-electron chi connectivity index (χ4n) is 1.13. The lowest BCUT2D eigenvalue weighted by Crippen LogP contribution is -1.86. The molecule has 0 saturated heterocycles. The van der Waals surface area contributed by atoms with Gasteiger partial charge in [0.2, 0.25) is 12.3 Å². The zero-order chi connectivity index (χ0) is 9.26. The molecule has 0 amide bonds. The lowest BCUT2D eigenvalue weighted by atomic mass is 10.1. The minimum Gasteiger partial charge on any atom is -0.423 e. The molecule has 3 nitrogen and oxygen atoms in total. The first-order valence-electron chi connectivity index (χ1n) is 3.80. The molecule has 0 bridgehead atoms. The summed E-state index contributed by atoms with van der Waals surface area (Å²) in [6.07, 6.45) is 1.34. The van der Waals surface area contributed by atoms with Gasteiger partial charge in [0.25, 0.3) is 0 Å². The smallest absolute Gasteiger partial charge is 0.247 e. The molecule has 0 atom stereocenters. The zero-order valence-corrected chi connectivity index (χ0v) is 9.15. The molecule has 4 heteroatoms. The van der Waals surface area contributed by atoms with Crippen molar-refractivity contribution in [3.8, 4) is 11.5 Å². The normalized spacial score (nSPS) is 10.3. The molecule has 0 fully saturated rings. The van der Waals surface area contributed by atoms with E-state index >= 15 is 0 Å².